The molecular formula is C13H11NO2S. The lowest BCUT2D eigenvalue weighted by Gasteiger charge is -1.97. The summed E-state index contributed by atoms with van der Waals surface area (Å²) in [5.41, 5.74) is 2.13. The van der Waals surface area contributed by atoms with E-state index in [0.717, 1.165) is 17.2 Å². The normalized spacial score (nSPS) is 13.5. The molecule has 1 aromatic heterocycles. The van der Waals surface area contributed by atoms with Crippen LogP contribution in [0.25, 0.3) is 0 Å². The van der Waals surface area contributed by atoms with E-state index in [2.05, 4.69) is 23.4 Å². The van der Waals surface area contributed by atoms with Gasteiger partial charge in [-0.15, -0.1) is 11.3 Å². The van der Waals surface area contributed by atoms with Crippen molar-refractivity contribution in [3.05, 3.63) is 40.1 Å². The van der Waals surface area contributed by atoms with Gasteiger partial charge in [0.1, 0.15) is 0 Å². The summed E-state index contributed by atoms with van der Waals surface area (Å²) in [7, 11) is 0. The summed E-state index contributed by atoms with van der Waals surface area (Å²) < 4.78 is 10.6. The highest BCUT2D eigenvalue weighted by Crippen LogP contribution is 2.35. The lowest BCUT2D eigenvalue weighted by atomic mass is 10.3. The number of thiophene rings is 1. The maximum Gasteiger partial charge on any atom is 0.231 e. The predicted molar refractivity (Wildman–Crippen MR) is 68.9 cm³/mol. The highest BCUT2D eigenvalue weighted by Gasteiger charge is 2.12. The molecule has 0 bridgehead atoms. The second-order valence-electron chi connectivity index (χ2n) is 3.76. The molecular weight excluding hydrogens is 234 g/mol. The Bertz CT molecular complexity index is 575. The van der Waals surface area contributed by atoms with Gasteiger partial charge in [-0.2, -0.15) is 0 Å². The monoisotopic (exact) mass is 245 g/mol. The Morgan fingerprint density at radius 3 is 2.94 bits per heavy atom. The standard InChI is InChI=1S/C13H11NO2S/c1-9-4-5-17-13(9)7-14-10-2-3-11-12(6-10)16-8-15-11/h2-7H,8H2,1H3. The first kappa shape index (κ1) is 10.4. The zero-order chi connectivity index (χ0) is 11.7. The third-order valence-electron chi connectivity index (χ3n) is 2.59. The van der Waals surface area contributed by atoms with Crippen molar-refractivity contribution in [3.63, 3.8) is 0 Å². The van der Waals surface area contributed by atoms with Crippen LogP contribution in [0.5, 0.6) is 11.5 Å². The number of aryl methyl sites for hydroxylation is 1. The molecule has 1 aliphatic heterocycles. The quantitative estimate of drug-likeness (QED) is 0.758. The molecule has 2 heterocycles. The van der Waals surface area contributed by atoms with E-state index in [9.17, 15) is 0 Å². The van der Waals surface area contributed by atoms with Crippen molar-refractivity contribution in [1.82, 2.24) is 0 Å². The van der Waals surface area contributed by atoms with Gasteiger partial charge in [-0.3, -0.25) is 4.99 Å². The SMILES string of the molecule is Cc1ccsc1C=Nc1ccc2c(c1)OCO2. The van der Waals surface area contributed by atoms with Crippen molar-refractivity contribution in [2.45, 2.75) is 6.92 Å². The molecule has 0 saturated carbocycles. The largest absolute Gasteiger partial charge is 0.454 e. The van der Waals surface area contributed by atoms with Crippen LogP contribution in [0.3, 0.4) is 0 Å². The van der Waals surface area contributed by atoms with Gasteiger partial charge in [0.2, 0.25) is 6.79 Å². The Kier molecular flexibility index (Phi) is 2.57. The first-order valence-electron chi connectivity index (χ1n) is 5.31. The summed E-state index contributed by atoms with van der Waals surface area (Å²) in [5, 5.41) is 2.07. The summed E-state index contributed by atoms with van der Waals surface area (Å²) in [6.45, 7) is 2.38. The summed E-state index contributed by atoms with van der Waals surface area (Å²) in [5.74, 6) is 1.55. The van der Waals surface area contributed by atoms with Gasteiger partial charge in [-0.1, -0.05) is 0 Å². The van der Waals surface area contributed by atoms with Gasteiger partial charge < -0.3 is 9.47 Å². The van der Waals surface area contributed by atoms with Crippen LogP contribution >= 0.6 is 11.3 Å². The van der Waals surface area contributed by atoms with E-state index >= 15 is 0 Å². The summed E-state index contributed by atoms with van der Waals surface area (Å²) >= 11 is 1.69. The Labute approximate surface area is 103 Å². The van der Waals surface area contributed by atoms with Crippen LogP contribution in [0.4, 0.5) is 5.69 Å². The second kappa shape index (κ2) is 4.22. The van der Waals surface area contributed by atoms with Crippen molar-refractivity contribution in [2.75, 3.05) is 6.79 Å². The molecule has 0 atom stereocenters. The first-order chi connectivity index (χ1) is 8.33. The Morgan fingerprint density at radius 2 is 2.12 bits per heavy atom. The van der Waals surface area contributed by atoms with E-state index in [0.29, 0.717) is 6.79 Å². The van der Waals surface area contributed by atoms with Crippen LogP contribution in [0, 0.1) is 6.92 Å². The minimum absolute atomic E-state index is 0.298. The third-order valence-corrected chi connectivity index (χ3v) is 3.54. The fourth-order valence-electron chi connectivity index (χ4n) is 1.62. The van der Waals surface area contributed by atoms with Crippen LogP contribution < -0.4 is 9.47 Å². The highest BCUT2D eigenvalue weighted by atomic mass is 32.1. The number of hydrogen-bond donors (Lipinski definition) is 0. The molecule has 0 radical (unpaired) electrons. The van der Waals surface area contributed by atoms with Gasteiger partial charge in [0.15, 0.2) is 11.5 Å². The molecule has 0 saturated heterocycles. The number of aliphatic imine (C=N–C) groups is 1. The van der Waals surface area contributed by atoms with Crippen molar-refractivity contribution < 1.29 is 9.47 Å². The third kappa shape index (κ3) is 2.03. The number of rotatable bonds is 2. The van der Waals surface area contributed by atoms with Gasteiger partial charge in [-0.25, -0.2) is 0 Å². The van der Waals surface area contributed by atoms with Gasteiger partial charge in [0, 0.05) is 17.2 Å². The summed E-state index contributed by atoms with van der Waals surface area (Å²) in [6, 6.07) is 7.79. The zero-order valence-corrected chi connectivity index (χ0v) is 10.2. The average molecular weight is 245 g/mol. The molecule has 1 aromatic carbocycles. The molecule has 3 nitrogen and oxygen atoms in total. The fraction of sp³-hybridized carbons (Fsp3) is 0.154. The Balaban J connectivity index is 1.86. The molecule has 0 spiro atoms. The Hall–Kier alpha value is -1.81. The number of ether oxygens (including phenoxy) is 2. The number of benzene rings is 1. The van der Waals surface area contributed by atoms with Crippen molar-refractivity contribution in [3.8, 4) is 11.5 Å². The number of hydrogen-bond acceptors (Lipinski definition) is 4. The lowest BCUT2D eigenvalue weighted by molar-refractivity contribution is 0.174. The summed E-state index contributed by atoms with van der Waals surface area (Å²) in [6.07, 6.45) is 1.89. The van der Waals surface area contributed by atoms with E-state index in [1.807, 2.05) is 24.4 Å². The van der Waals surface area contributed by atoms with Crippen LogP contribution in [0.2, 0.25) is 0 Å². The molecule has 4 heteroatoms. The average Bonchev–Trinajstić information content (AvgIpc) is 2.94. The number of fused-ring (bicyclic) bond motifs is 1. The van der Waals surface area contributed by atoms with Gasteiger partial charge in [-0.05, 0) is 36.1 Å². The molecule has 3 rings (SSSR count). The minimum Gasteiger partial charge on any atom is -0.454 e. The molecule has 0 unspecified atom stereocenters. The van der Waals surface area contributed by atoms with E-state index in [1.54, 1.807) is 11.3 Å². The Morgan fingerprint density at radius 1 is 1.24 bits per heavy atom. The molecule has 17 heavy (non-hydrogen) atoms. The topological polar surface area (TPSA) is 30.8 Å². The van der Waals surface area contributed by atoms with Crippen molar-refractivity contribution in [1.29, 1.82) is 0 Å². The molecule has 1 aliphatic rings. The number of nitrogens with zero attached hydrogens (tertiary/aromatic N) is 1. The van der Waals surface area contributed by atoms with Gasteiger partial charge in [0.25, 0.3) is 0 Å². The molecule has 0 N–H and O–H groups in total. The van der Waals surface area contributed by atoms with Gasteiger partial charge in [0.05, 0.1) is 5.69 Å². The summed E-state index contributed by atoms with van der Waals surface area (Å²) in [4.78, 5) is 5.62. The second-order valence-corrected chi connectivity index (χ2v) is 4.71. The van der Waals surface area contributed by atoms with E-state index < -0.39 is 0 Å². The van der Waals surface area contributed by atoms with Gasteiger partial charge >= 0.3 is 0 Å². The van der Waals surface area contributed by atoms with Crippen LogP contribution in [0.15, 0.2) is 34.6 Å². The molecule has 86 valence electrons. The first-order valence-corrected chi connectivity index (χ1v) is 6.19. The molecule has 0 fully saturated rings. The maximum atomic E-state index is 5.31. The molecule has 0 aliphatic carbocycles. The molecule has 0 amide bonds. The van der Waals surface area contributed by atoms with Crippen molar-refractivity contribution in [2.24, 2.45) is 4.99 Å². The van der Waals surface area contributed by atoms with Crippen molar-refractivity contribution >= 4 is 23.2 Å². The predicted octanol–water partition coefficient (Wildman–Crippen LogP) is 3.54. The van der Waals surface area contributed by atoms with Crippen LogP contribution in [0.1, 0.15) is 10.4 Å². The fourth-order valence-corrected chi connectivity index (χ4v) is 2.40. The lowest BCUT2D eigenvalue weighted by Crippen LogP contribution is -1.92. The van der Waals surface area contributed by atoms with Crippen LogP contribution in [-0.4, -0.2) is 13.0 Å². The van der Waals surface area contributed by atoms with E-state index in [-0.39, 0.29) is 0 Å². The van der Waals surface area contributed by atoms with E-state index in [1.165, 1.54) is 10.4 Å². The maximum absolute atomic E-state index is 5.31. The van der Waals surface area contributed by atoms with Crippen LogP contribution in [-0.2, 0) is 0 Å². The molecule has 2 aromatic rings. The highest BCUT2D eigenvalue weighted by molar-refractivity contribution is 7.11. The smallest absolute Gasteiger partial charge is 0.231 e. The van der Waals surface area contributed by atoms with E-state index in [4.69, 9.17) is 9.47 Å². The minimum atomic E-state index is 0.298. The zero-order valence-electron chi connectivity index (χ0n) is 9.34.